The summed E-state index contributed by atoms with van der Waals surface area (Å²) in [6.45, 7) is 7.23. The number of hydrogen-bond acceptors (Lipinski definition) is 5. The van der Waals surface area contributed by atoms with E-state index in [0.717, 1.165) is 35.3 Å². The van der Waals surface area contributed by atoms with Crippen molar-refractivity contribution in [2.75, 3.05) is 36.0 Å². The Labute approximate surface area is 260 Å². The van der Waals surface area contributed by atoms with Gasteiger partial charge in [-0.2, -0.15) is 0 Å². The Morgan fingerprint density at radius 3 is 2.32 bits per heavy atom. The van der Waals surface area contributed by atoms with Crippen molar-refractivity contribution in [3.8, 4) is 0 Å². The first-order valence-corrected chi connectivity index (χ1v) is 16.0. The van der Waals surface area contributed by atoms with Crippen LogP contribution in [0, 0.1) is 25.7 Å². The van der Waals surface area contributed by atoms with E-state index in [4.69, 9.17) is 4.74 Å². The number of likely N-dealkylation sites (tertiary alicyclic amines) is 1. The number of hydrogen-bond donors (Lipinski definition) is 1. The molecular formula is C36H43N3O5. The number of aryl methyl sites for hydroxylation is 2. The minimum atomic E-state index is -1.29. The molecule has 2 aromatic carbocycles. The predicted molar refractivity (Wildman–Crippen MR) is 170 cm³/mol. The van der Waals surface area contributed by atoms with E-state index in [1.165, 1.54) is 0 Å². The van der Waals surface area contributed by atoms with Gasteiger partial charge in [0, 0.05) is 37.6 Å². The lowest BCUT2D eigenvalue weighted by Gasteiger charge is -2.38. The molecule has 0 bridgehead atoms. The SMILES string of the molecule is CC[C@]12C=CCN(c3ccccc3)C(=O)[C@H]1[C@H]1C(=O)N(CCCCCCO)C3C(=O)N(c4cc(C)ccc4C)CC=C[C@@]31O2. The normalized spacial score (nSPS) is 29.5. The number of carbonyl (C=O) groups excluding carboxylic acids is 3. The van der Waals surface area contributed by atoms with Crippen molar-refractivity contribution in [3.63, 3.8) is 0 Å². The standard InChI is InChI=1S/C36H43N3O5/c1-4-35-18-12-21-37(27-14-8-7-9-15-27)32(41)29(35)30-33(42)39(20-10-5-6-11-23-40)31-34(43)38(22-13-19-36(30,31)44-35)28-24-25(2)16-17-26(28)3/h7-9,12-19,24,29-31,40H,4-6,10-11,20-23H2,1-3H3/t29-,30+,31?,35+,36+/m1/s1. The van der Waals surface area contributed by atoms with Gasteiger partial charge in [-0.1, -0.05) is 74.4 Å². The number of aliphatic hydroxyl groups is 1. The predicted octanol–water partition coefficient (Wildman–Crippen LogP) is 4.72. The molecule has 2 fully saturated rings. The molecule has 3 amide bonds. The first kappa shape index (κ1) is 30.3. The quantitative estimate of drug-likeness (QED) is 0.334. The van der Waals surface area contributed by atoms with E-state index in [1.54, 1.807) is 14.7 Å². The third kappa shape index (κ3) is 4.79. The molecule has 6 rings (SSSR count). The highest BCUT2D eigenvalue weighted by atomic mass is 16.5. The fraction of sp³-hybridized carbons (Fsp3) is 0.472. The van der Waals surface area contributed by atoms with Gasteiger partial charge < -0.3 is 24.5 Å². The maximum absolute atomic E-state index is 14.8. The second-order valence-corrected chi connectivity index (χ2v) is 12.6. The van der Waals surface area contributed by atoms with E-state index < -0.39 is 29.1 Å². The Hall–Kier alpha value is -3.75. The van der Waals surface area contributed by atoms with Crippen LogP contribution in [0.25, 0.3) is 0 Å². The zero-order valence-corrected chi connectivity index (χ0v) is 25.9. The number of ether oxygens (including phenoxy) is 1. The van der Waals surface area contributed by atoms with Crippen molar-refractivity contribution >= 4 is 29.1 Å². The number of nitrogens with zero attached hydrogens (tertiary/aromatic N) is 3. The third-order valence-electron chi connectivity index (χ3n) is 9.97. The van der Waals surface area contributed by atoms with E-state index in [0.29, 0.717) is 38.9 Å². The zero-order chi connectivity index (χ0) is 31.1. The number of anilines is 2. The molecule has 1 spiro atoms. The van der Waals surface area contributed by atoms with E-state index in [-0.39, 0.29) is 24.3 Å². The Morgan fingerprint density at radius 2 is 1.57 bits per heavy atom. The number of para-hydroxylation sites is 1. The van der Waals surface area contributed by atoms with Gasteiger partial charge in [0.2, 0.25) is 11.8 Å². The third-order valence-corrected chi connectivity index (χ3v) is 9.97. The monoisotopic (exact) mass is 597 g/mol. The van der Waals surface area contributed by atoms with Gasteiger partial charge in [0.25, 0.3) is 5.91 Å². The van der Waals surface area contributed by atoms with Crippen LogP contribution in [0.4, 0.5) is 11.4 Å². The largest absolute Gasteiger partial charge is 0.396 e. The maximum atomic E-state index is 14.8. The molecular weight excluding hydrogens is 554 g/mol. The number of rotatable bonds is 9. The molecule has 4 aliphatic rings. The molecule has 8 heteroatoms. The van der Waals surface area contributed by atoms with Crippen LogP contribution in [0.2, 0.25) is 0 Å². The molecule has 0 aromatic heterocycles. The first-order valence-electron chi connectivity index (χ1n) is 16.0. The van der Waals surface area contributed by atoms with Crippen molar-refractivity contribution in [2.45, 2.75) is 70.1 Å². The van der Waals surface area contributed by atoms with Crippen molar-refractivity contribution in [1.82, 2.24) is 4.90 Å². The molecule has 1 N–H and O–H groups in total. The number of fused-ring (bicyclic) bond motifs is 2. The van der Waals surface area contributed by atoms with Gasteiger partial charge in [0.15, 0.2) is 0 Å². The maximum Gasteiger partial charge on any atom is 0.253 e. The number of benzene rings is 2. The zero-order valence-electron chi connectivity index (χ0n) is 25.9. The van der Waals surface area contributed by atoms with Crippen LogP contribution in [0.5, 0.6) is 0 Å². The lowest BCUT2D eigenvalue weighted by molar-refractivity contribution is -0.145. The van der Waals surface area contributed by atoms with Crippen LogP contribution >= 0.6 is 0 Å². The minimum Gasteiger partial charge on any atom is -0.396 e. The van der Waals surface area contributed by atoms with Gasteiger partial charge in [-0.25, -0.2) is 0 Å². The smallest absolute Gasteiger partial charge is 0.253 e. The number of carbonyl (C=O) groups is 3. The van der Waals surface area contributed by atoms with E-state index >= 15 is 0 Å². The second kappa shape index (κ2) is 12.0. The number of amides is 3. The number of aliphatic hydroxyl groups excluding tert-OH is 1. The molecule has 0 saturated carbocycles. The fourth-order valence-corrected chi connectivity index (χ4v) is 7.81. The molecule has 2 aromatic rings. The van der Waals surface area contributed by atoms with Crippen molar-refractivity contribution in [1.29, 1.82) is 0 Å². The van der Waals surface area contributed by atoms with Gasteiger partial charge in [-0.15, -0.1) is 0 Å². The summed E-state index contributed by atoms with van der Waals surface area (Å²) in [6.07, 6.45) is 11.4. The first-order chi connectivity index (χ1) is 21.3. The molecule has 232 valence electrons. The molecule has 44 heavy (non-hydrogen) atoms. The van der Waals surface area contributed by atoms with E-state index in [1.807, 2.05) is 93.6 Å². The summed E-state index contributed by atoms with van der Waals surface area (Å²) in [5, 5.41) is 9.26. The fourth-order valence-electron chi connectivity index (χ4n) is 7.81. The average molecular weight is 598 g/mol. The molecule has 8 nitrogen and oxygen atoms in total. The highest BCUT2D eigenvalue weighted by molar-refractivity contribution is 6.08. The van der Waals surface area contributed by atoms with Gasteiger partial charge in [0.1, 0.15) is 11.6 Å². The lowest BCUT2D eigenvalue weighted by atomic mass is 9.73. The van der Waals surface area contributed by atoms with Crippen LogP contribution in [0.1, 0.15) is 50.2 Å². The molecule has 0 aliphatic carbocycles. The Kier molecular flexibility index (Phi) is 8.24. The van der Waals surface area contributed by atoms with Crippen molar-refractivity contribution in [3.05, 3.63) is 84.0 Å². The lowest BCUT2D eigenvalue weighted by Crippen LogP contribution is -2.56. The number of unbranched alkanes of at least 4 members (excludes halogenated alkanes) is 3. The Balaban J connectivity index is 1.45. The summed E-state index contributed by atoms with van der Waals surface area (Å²) in [7, 11) is 0. The van der Waals surface area contributed by atoms with Crippen LogP contribution in [0.3, 0.4) is 0 Å². The molecule has 2 saturated heterocycles. The highest BCUT2D eigenvalue weighted by Gasteiger charge is 2.75. The van der Waals surface area contributed by atoms with Crippen LogP contribution in [0.15, 0.2) is 72.8 Å². The topological polar surface area (TPSA) is 90.4 Å². The van der Waals surface area contributed by atoms with Crippen molar-refractivity contribution < 1.29 is 24.2 Å². The van der Waals surface area contributed by atoms with E-state index in [2.05, 4.69) is 0 Å². The molecule has 1 unspecified atom stereocenters. The van der Waals surface area contributed by atoms with Crippen molar-refractivity contribution in [2.24, 2.45) is 11.8 Å². The summed E-state index contributed by atoms with van der Waals surface area (Å²) < 4.78 is 7.12. The molecule has 0 radical (unpaired) electrons. The van der Waals surface area contributed by atoms with Gasteiger partial charge in [-0.3, -0.25) is 14.4 Å². The summed E-state index contributed by atoms with van der Waals surface area (Å²) in [6, 6.07) is 14.7. The van der Waals surface area contributed by atoms with Gasteiger partial charge in [0.05, 0.1) is 17.4 Å². The van der Waals surface area contributed by atoms with Crippen LogP contribution < -0.4 is 9.80 Å². The summed E-state index contributed by atoms with van der Waals surface area (Å²) in [5.74, 6) is -2.17. The molecule has 4 aliphatic heterocycles. The van der Waals surface area contributed by atoms with Crippen LogP contribution in [-0.4, -0.2) is 71.2 Å². The van der Waals surface area contributed by atoms with E-state index in [9.17, 15) is 19.5 Å². The Bertz CT molecular complexity index is 1490. The minimum absolute atomic E-state index is 0.132. The Morgan fingerprint density at radius 1 is 0.841 bits per heavy atom. The molecule has 4 heterocycles. The molecule has 5 atom stereocenters. The second-order valence-electron chi connectivity index (χ2n) is 12.6. The van der Waals surface area contributed by atoms with Gasteiger partial charge >= 0.3 is 0 Å². The highest BCUT2D eigenvalue weighted by Crippen LogP contribution is 2.59. The van der Waals surface area contributed by atoms with Crippen LogP contribution in [-0.2, 0) is 19.1 Å². The summed E-state index contributed by atoms with van der Waals surface area (Å²) >= 11 is 0. The summed E-state index contributed by atoms with van der Waals surface area (Å²) in [4.78, 5) is 49.4. The average Bonchev–Trinajstić information content (AvgIpc) is 3.31. The summed E-state index contributed by atoms with van der Waals surface area (Å²) in [5.41, 5.74) is 1.30. The van der Waals surface area contributed by atoms with Gasteiger partial charge in [-0.05, 0) is 62.4 Å².